The zero-order valence-electron chi connectivity index (χ0n) is 12.9. The summed E-state index contributed by atoms with van der Waals surface area (Å²) in [5.74, 6) is -0.649. The lowest BCUT2D eigenvalue weighted by Gasteiger charge is -2.10. The Kier molecular flexibility index (Phi) is 4.09. The lowest BCUT2D eigenvalue weighted by molar-refractivity contribution is 0.101. The molecule has 3 rings (SSSR count). The van der Waals surface area contributed by atoms with Gasteiger partial charge in [0, 0.05) is 28.2 Å². The molecule has 0 saturated carbocycles. The van der Waals surface area contributed by atoms with Gasteiger partial charge in [-0.15, -0.1) is 0 Å². The van der Waals surface area contributed by atoms with Crippen molar-refractivity contribution >= 4 is 34.1 Å². The highest BCUT2D eigenvalue weighted by Gasteiger charge is 2.19. The number of nitrogens with zero attached hydrogens (tertiary/aromatic N) is 1. The Labute approximate surface area is 138 Å². The number of carbonyl (C=O) groups excluding carboxylic acids is 1. The first-order valence-electron chi connectivity index (χ1n) is 7.36. The number of carbonyl (C=O) groups is 1. The fraction of sp³-hybridized carbons (Fsp3) is 0.167. The molecule has 23 heavy (non-hydrogen) atoms. The summed E-state index contributed by atoms with van der Waals surface area (Å²) >= 11 is 6.07. The summed E-state index contributed by atoms with van der Waals surface area (Å²) in [6, 6.07) is 11.4. The second kappa shape index (κ2) is 6.05. The Morgan fingerprint density at radius 3 is 2.74 bits per heavy atom. The third-order valence-electron chi connectivity index (χ3n) is 3.89. The molecule has 0 radical (unpaired) electrons. The van der Waals surface area contributed by atoms with E-state index in [-0.39, 0.29) is 11.7 Å². The normalized spacial score (nSPS) is 11.0. The van der Waals surface area contributed by atoms with E-state index in [1.165, 1.54) is 12.1 Å². The molecule has 3 nitrogen and oxygen atoms in total. The second-order valence-electron chi connectivity index (χ2n) is 5.34. The summed E-state index contributed by atoms with van der Waals surface area (Å²) in [6.45, 7) is 4.52. The zero-order chi connectivity index (χ0) is 16.6. The van der Waals surface area contributed by atoms with Crippen molar-refractivity contribution in [3.05, 3.63) is 64.6 Å². The minimum Gasteiger partial charge on any atom is -0.337 e. The molecule has 118 valence electrons. The number of hydrogen-bond donors (Lipinski definition) is 1. The van der Waals surface area contributed by atoms with E-state index in [4.69, 9.17) is 11.6 Å². The van der Waals surface area contributed by atoms with Gasteiger partial charge in [0.15, 0.2) is 0 Å². The molecule has 0 aliphatic rings. The smallest absolute Gasteiger partial charge is 0.272 e. The summed E-state index contributed by atoms with van der Waals surface area (Å²) in [7, 11) is 0. The number of aryl methyl sites for hydroxylation is 2. The zero-order valence-corrected chi connectivity index (χ0v) is 13.6. The molecule has 1 heterocycles. The van der Waals surface area contributed by atoms with Crippen molar-refractivity contribution in [2.75, 3.05) is 5.32 Å². The first kappa shape index (κ1) is 15.6. The van der Waals surface area contributed by atoms with Gasteiger partial charge < -0.3 is 9.88 Å². The molecule has 1 N–H and O–H groups in total. The largest absolute Gasteiger partial charge is 0.337 e. The highest BCUT2D eigenvalue weighted by atomic mass is 35.5. The Hall–Kier alpha value is -2.33. The molecule has 0 spiro atoms. The van der Waals surface area contributed by atoms with Crippen LogP contribution < -0.4 is 5.32 Å². The first-order valence-corrected chi connectivity index (χ1v) is 7.74. The van der Waals surface area contributed by atoms with Crippen LogP contribution in [0.5, 0.6) is 0 Å². The summed E-state index contributed by atoms with van der Waals surface area (Å²) in [5, 5.41) is 4.34. The molecule has 3 aromatic rings. The highest BCUT2D eigenvalue weighted by Crippen LogP contribution is 2.29. The van der Waals surface area contributed by atoms with E-state index in [2.05, 4.69) is 5.32 Å². The number of amides is 1. The van der Waals surface area contributed by atoms with Crippen molar-refractivity contribution in [1.82, 2.24) is 4.57 Å². The first-order chi connectivity index (χ1) is 11.0. The maximum absolute atomic E-state index is 13.3. The van der Waals surface area contributed by atoms with Crippen molar-refractivity contribution in [2.45, 2.75) is 20.4 Å². The Morgan fingerprint density at radius 1 is 1.26 bits per heavy atom. The van der Waals surface area contributed by atoms with E-state index < -0.39 is 0 Å². The molecular formula is C18H16ClFN2O. The summed E-state index contributed by atoms with van der Waals surface area (Å²) in [5.41, 5.74) is 2.81. The lowest BCUT2D eigenvalue weighted by atomic mass is 10.1. The third kappa shape index (κ3) is 2.82. The molecule has 0 atom stereocenters. The van der Waals surface area contributed by atoms with Crippen LogP contribution in [-0.2, 0) is 6.54 Å². The fourth-order valence-corrected chi connectivity index (χ4v) is 3.04. The van der Waals surface area contributed by atoms with E-state index >= 15 is 0 Å². The van der Waals surface area contributed by atoms with Crippen molar-refractivity contribution in [2.24, 2.45) is 0 Å². The van der Waals surface area contributed by atoms with Gasteiger partial charge in [-0.2, -0.15) is 0 Å². The summed E-state index contributed by atoms with van der Waals surface area (Å²) < 4.78 is 15.2. The molecule has 1 aromatic heterocycles. The van der Waals surface area contributed by atoms with Crippen molar-refractivity contribution in [3.63, 3.8) is 0 Å². The summed E-state index contributed by atoms with van der Waals surface area (Å²) in [4.78, 5) is 12.7. The summed E-state index contributed by atoms with van der Waals surface area (Å²) in [6.07, 6.45) is 0. The molecule has 0 bridgehead atoms. The number of anilines is 1. The van der Waals surface area contributed by atoms with Gasteiger partial charge in [-0.1, -0.05) is 17.7 Å². The van der Waals surface area contributed by atoms with Gasteiger partial charge in [0.05, 0.1) is 0 Å². The monoisotopic (exact) mass is 330 g/mol. The topological polar surface area (TPSA) is 34.0 Å². The van der Waals surface area contributed by atoms with Crippen molar-refractivity contribution in [3.8, 4) is 0 Å². The molecule has 0 aliphatic heterocycles. The Bertz CT molecular complexity index is 901. The standard InChI is InChI=1S/C18H16ClFN2O/c1-3-22-16-8-7-12(19)9-15(16)11(2)17(22)18(23)21-14-6-4-5-13(20)10-14/h4-10H,3H2,1-2H3,(H,21,23). The van der Waals surface area contributed by atoms with Gasteiger partial charge in [0.25, 0.3) is 5.91 Å². The van der Waals surface area contributed by atoms with Gasteiger partial charge in [0.1, 0.15) is 11.5 Å². The molecule has 2 aromatic carbocycles. The SMILES string of the molecule is CCn1c(C(=O)Nc2cccc(F)c2)c(C)c2cc(Cl)ccc21. The number of rotatable bonds is 3. The van der Waals surface area contributed by atoms with Crippen LogP contribution in [-0.4, -0.2) is 10.5 Å². The lowest BCUT2D eigenvalue weighted by Crippen LogP contribution is -2.17. The molecular weight excluding hydrogens is 315 g/mol. The van der Waals surface area contributed by atoms with E-state index in [0.717, 1.165) is 16.5 Å². The van der Waals surface area contributed by atoms with Crippen LogP contribution in [0.4, 0.5) is 10.1 Å². The van der Waals surface area contributed by atoms with Crippen LogP contribution in [0.25, 0.3) is 10.9 Å². The molecule has 5 heteroatoms. The van der Waals surface area contributed by atoms with E-state index in [1.54, 1.807) is 12.1 Å². The number of benzene rings is 2. The van der Waals surface area contributed by atoms with Crippen LogP contribution >= 0.6 is 11.6 Å². The maximum atomic E-state index is 13.3. The maximum Gasteiger partial charge on any atom is 0.272 e. The molecule has 0 aliphatic carbocycles. The van der Waals surface area contributed by atoms with Crippen molar-refractivity contribution < 1.29 is 9.18 Å². The number of aromatic nitrogens is 1. The van der Waals surface area contributed by atoms with Crippen LogP contribution in [0.15, 0.2) is 42.5 Å². The molecule has 0 unspecified atom stereocenters. The van der Waals surface area contributed by atoms with Gasteiger partial charge in [0.2, 0.25) is 0 Å². The van der Waals surface area contributed by atoms with Gasteiger partial charge in [-0.3, -0.25) is 4.79 Å². The minimum atomic E-state index is -0.387. The van der Waals surface area contributed by atoms with Crippen LogP contribution in [0.2, 0.25) is 5.02 Å². The molecule has 1 amide bonds. The average molecular weight is 331 g/mol. The quantitative estimate of drug-likeness (QED) is 0.719. The fourth-order valence-electron chi connectivity index (χ4n) is 2.87. The van der Waals surface area contributed by atoms with Gasteiger partial charge >= 0.3 is 0 Å². The number of halogens is 2. The van der Waals surface area contributed by atoms with Crippen LogP contribution in [0.3, 0.4) is 0 Å². The van der Waals surface area contributed by atoms with Gasteiger partial charge in [-0.25, -0.2) is 4.39 Å². The predicted octanol–water partition coefficient (Wildman–Crippen LogP) is 5.01. The van der Waals surface area contributed by atoms with E-state index in [9.17, 15) is 9.18 Å². The number of fused-ring (bicyclic) bond motifs is 1. The number of nitrogens with one attached hydrogen (secondary N) is 1. The third-order valence-corrected chi connectivity index (χ3v) is 4.13. The second-order valence-corrected chi connectivity index (χ2v) is 5.78. The van der Waals surface area contributed by atoms with E-state index in [0.29, 0.717) is 22.9 Å². The Balaban J connectivity index is 2.08. The van der Waals surface area contributed by atoms with Crippen molar-refractivity contribution in [1.29, 1.82) is 0 Å². The van der Waals surface area contributed by atoms with Crippen LogP contribution in [0, 0.1) is 12.7 Å². The average Bonchev–Trinajstić information content (AvgIpc) is 2.79. The minimum absolute atomic E-state index is 0.262. The Morgan fingerprint density at radius 2 is 2.04 bits per heavy atom. The molecule has 0 fully saturated rings. The molecule has 0 saturated heterocycles. The highest BCUT2D eigenvalue weighted by molar-refractivity contribution is 6.31. The van der Waals surface area contributed by atoms with Crippen LogP contribution in [0.1, 0.15) is 23.0 Å². The predicted molar refractivity (Wildman–Crippen MR) is 91.7 cm³/mol. The van der Waals surface area contributed by atoms with E-state index in [1.807, 2.05) is 36.6 Å². The van der Waals surface area contributed by atoms with Gasteiger partial charge in [-0.05, 0) is 55.8 Å². The number of hydrogen-bond acceptors (Lipinski definition) is 1.